The molecule has 2 heterocycles. The molecule has 2 rings (SSSR count). The maximum Gasteiger partial charge on any atom is 0.213 e. The molecule has 1 aromatic heterocycles. The zero-order valence-electron chi connectivity index (χ0n) is 10.5. The van der Waals surface area contributed by atoms with Gasteiger partial charge in [-0.05, 0) is 19.4 Å². The molecule has 0 aliphatic carbocycles. The number of nitrogens with zero attached hydrogens (tertiary/aromatic N) is 1. The average Bonchev–Trinajstić information content (AvgIpc) is 2.29. The van der Waals surface area contributed by atoms with Crippen molar-refractivity contribution in [1.82, 2.24) is 4.98 Å². The maximum atomic E-state index is 5.86. The molecule has 1 aliphatic heterocycles. The highest BCUT2D eigenvalue weighted by atomic mass is 16.5. The van der Waals surface area contributed by atoms with Gasteiger partial charge in [0.2, 0.25) is 5.88 Å². The zero-order chi connectivity index (χ0) is 12.3. The Morgan fingerprint density at radius 2 is 2.35 bits per heavy atom. The molecule has 4 heteroatoms. The molecule has 2 N–H and O–H groups in total. The standard InChI is InChI=1S/C13H20N2O2/c1-13(2)7-11(5-6-16-13)17-12-4-3-10(8-14)9-15-12/h3-4,9,11H,5-8,14H2,1-2H3. The molecule has 1 aromatic rings. The van der Waals surface area contributed by atoms with Gasteiger partial charge >= 0.3 is 0 Å². The minimum Gasteiger partial charge on any atom is -0.474 e. The molecule has 0 spiro atoms. The third-order valence-electron chi connectivity index (χ3n) is 2.97. The third-order valence-corrected chi connectivity index (χ3v) is 2.97. The lowest BCUT2D eigenvalue weighted by atomic mass is 9.96. The van der Waals surface area contributed by atoms with Gasteiger partial charge in [-0.3, -0.25) is 0 Å². The Balaban J connectivity index is 1.95. The highest BCUT2D eigenvalue weighted by Crippen LogP contribution is 2.26. The molecule has 94 valence electrons. The predicted molar refractivity (Wildman–Crippen MR) is 65.8 cm³/mol. The van der Waals surface area contributed by atoms with E-state index in [2.05, 4.69) is 18.8 Å². The van der Waals surface area contributed by atoms with Gasteiger partial charge < -0.3 is 15.2 Å². The summed E-state index contributed by atoms with van der Waals surface area (Å²) in [7, 11) is 0. The van der Waals surface area contributed by atoms with Gasteiger partial charge in [-0.25, -0.2) is 4.98 Å². The van der Waals surface area contributed by atoms with E-state index in [4.69, 9.17) is 15.2 Å². The second kappa shape index (κ2) is 5.02. The van der Waals surface area contributed by atoms with Crippen molar-refractivity contribution in [3.63, 3.8) is 0 Å². The Labute approximate surface area is 102 Å². The molecular weight excluding hydrogens is 216 g/mol. The van der Waals surface area contributed by atoms with Crippen LogP contribution in [0.4, 0.5) is 0 Å². The first-order valence-corrected chi connectivity index (χ1v) is 6.05. The van der Waals surface area contributed by atoms with Gasteiger partial charge in [0.05, 0.1) is 12.2 Å². The molecule has 4 nitrogen and oxygen atoms in total. The van der Waals surface area contributed by atoms with Crippen molar-refractivity contribution in [2.75, 3.05) is 6.61 Å². The molecule has 1 unspecified atom stereocenters. The van der Waals surface area contributed by atoms with Gasteiger partial charge in [0.25, 0.3) is 0 Å². The normalized spacial score (nSPS) is 23.4. The summed E-state index contributed by atoms with van der Waals surface area (Å²) in [6.07, 6.45) is 3.77. The number of hydrogen-bond acceptors (Lipinski definition) is 4. The van der Waals surface area contributed by atoms with Crippen LogP contribution >= 0.6 is 0 Å². The van der Waals surface area contributed by atoms with Gasteiger partial charge in [-0.15, -0.1) is 0 Å². The number of hydrogen-bond donors (Lipinski definition) is 1. The molecule has 17 heavy (non-hydrogen) atoms. The van der Waals surface area contributed by atoms with E-state index in [1.807, 2.05) is 12.1 Å². The largest absolute Gasteiger partial charge is 0.474 e. The van der Waals surface area contributed by atoms with E-state index >= 15 is 0 Å². The van der Waals surface area contributed by atoms with E-state index in [1.54, 1.807) is 6.20 Å². The number of nitrogens with two attached hydrogens (primary N) is 1. The first kappa shape index (κ1) is 12.3. The summed E-state index contributed by atoms with van der Waals surface area (Å²) < 4.78 is 11.5. The molecule has 0 radical (unpaired) electrons. The average molecular weight is 236 g/mol. The first-order chi connectivity index (χ1) is 8.09. The molecule has 1 aliphatic rings. The zero-order valence-corrected chi connectivity index (χ0v) is 10.5. The van der Waals surface area contributed by atoms with Crippen molar-refractivity contribution in [1.29, 1.82) is 0 Å². The number of pyridine rings is 1. The van der Waals surface area contributed by atoms with Crippen LogP contribution in [0, 0.1) is 0 Å². The summed E-state index contributed by atoms with van der Waals surface area (Å²) >= 11 is 0. The van der Waals surface area contributed by atoms with Crippen LogP contribution in [-0.4, -0.2) is 23.3 Å². The summed E-state index contributed by atoms with van der Waals surface area (Å²) in [6, 6.07) is 3.83. The fourth-order valence-corrected chi connectivity index (χ4v) is 2.05. The molecule has 1 saturated heterocycles. The molecule has 0 aromatic carbocycles. The molecule has 0 saturated carbocycles. The Hall–Kier alpha value is -1.13. The highest BCUT2D eigenvalue weighted by molar-refractivity contribution is 5.17. The van der Waals surface area contributed by atoms with Gasteiger partial charge in [-0.2, -0.15) is 0 Å². The highest BCUT2D eigenvalue weighted by Gasteiger charge is 2.30. The van der Waals surface area contributed by atoms with Crippen LogP contribution in [0.5, 0.6) is 5.88 Å². The second-order valence-corrected chi connectivity index (χ2v) is 5.05. The van der Waals surface area contributed by atoms with Crippen molar-refractivity contribution >= 4 is 0 Å². The van der Waals surface area contributed by atoms with Crippen molar-refractivity contribution in [3.8, 4) is 5.88 Å². The van der Waals surface area contributed by atoms with Crippen LogP contribution < -0.4 is 10.5 Å². The monoisotopic (exact) mass is 236 g/mol. The lowest BCUT2D eigenvalue weighted by Crippen LogP contribution is -2.39. The van der Waals surface area contributed by atoms with E-state index in [1.165, 1.54) is 0 Å². The van der Waals surface area contributed by atoms with Crippen LogP contribution in [-0.2, 0) is 11.3 Å². The summed E-state index contributed by atoms with van der Waals surface area (Å²) in [5.41, 5.74) is 6.44. The quantitative estimate of drug-likeness (QED) is 0.870. The Morgan fingerprint density at radius 1 is 1.53 bits per heavy atom. The first-order valence-electron chi connectivity index (χ1n) is 6.05. The van der Waals surface area contributed by atoms with Crippen molar-refractivity contribution in [3.05, 3.63) is 23.9 Å². The van der Waals surface area contributed by atoms with E-state index in [9.17, 15) is 0 Å². The van der Waals surface area contributed by atoms with Gasteiger partial charge in [0.15, 0.2) is 0 Å². The number of rotatable bonds is 3. The lowest BCUT2D eigenvalue weighted by molar-refractivity contribution is -0.0904. The topological polar surface area (TPSA) is 57.4 Å². The molecule has 0 bridgehead atoms. The van der Waals surface area contributed by atoms with Crippen LogP contribution in [0.1, 0.15) is 32.3 Å². The molecule has 1 fully saturated rings. The van der Waals surface area contributed by atoms with Crippen LogP contribution in [0.15, 0.2) is 18.3 Å². The van der Waals surface area contributed by atoms with Gasteiger partial charge in [-0.1, -0.05) is 6.07 Å². The van der Waals surface area contributed by atoms with Crippen LogP contribution in [0.2, 0.25) is 0 Å². The fraction of sp³-hybridized carbons (Fsp3) is 0.615. The predicted octanol–water partition coefficient (Wildman–Crippen LogP) is 1.88. The van der Waals surface area contributed by atoms with Crippen molar-refractivity contribution < 1.29 is 9.47 Å². The smallest absolute Gasteiger partial charge is 0.213 e. The Morgan fingerprint density at radius 3 is 2.94 bits per heavy atom. The van der Waals surface area contributed by atoms with Crippen LogP contribution in [0.25, 0.3) is 0 Å². The summed E-state index contributed by atoms with van der Waals surface area (Å²) in [5, 5.41) is 0. The maximum absolute atomic E-state index is 5.86. The molecule has 0 amide bonds. The fourth-order valence-electron chi connectivity index (χ4n) is 2.05. The summed E-state index contributed by atoms with van der Waals surface area (Å²) in [5.74, 6) is 0.671. The van der Waals surface area contributed by atoms with Crippen LogP contribution in [0.3, 0.4) is 0 Å². The van der Waals surface area contributed by atoms with E-state index in [0.29, 0.717) is 12.4 Å². The SMILES string of the molecule is CC1(C)CC(Oc2ccc(CN)cn2)CCO1. The van der Waals surface area contributed by atoms with Gasteiger partial charge in [0.1, 0.15) is 6.10 Å². The van der Waals surface area contributed by atoms with Crippen molar-refractivity contribution in [2.24, 2.45) is 5.73 Å². The number of aromatic nitrogens is 1. The van der Waals surface area contributed by atoms with E-state index in [-0.39, 0.29) is 11.7 Å². The van der Waals surface area contributed by atoms with E-state index < -0.39 is 0 Å². The molecular formula is C13H20N2O2. The second-order valence-electron chi connectivity index (χ2n) is 5.05. The Bertz CT molecular complexity index is 362. The summed E-state index contributed by atoms with van der Waals surface area (Å²) in [4.78, 5) is 4.25. The lowest BCUT2D eigenvalue weighted by Gasteiger charge is -2.35. The Kier molecular flexibility index (Phi) is 3.64. The van der Waals surface area contributed by atoms with Gasteiger partial charge in [0, 0.05) is 31.6 Å². The number of ether oxygens (including phenoxy) is 2. The minimum absolute atomic E-state index is 0.0971. The van der Waals surface area contributed by atoms with E-state index in [0.717, 1.165) is 25.0 Å². The minimum atomic E-state index is -0.0971. The third kappa shape index (κ3) is 3.41. The molecule has 1 atom stereocenters. The van der Waals surface area contributed by atoms with Crippen molar-refractivity contribution in [2.45, 2.75) is 44.9 Å². The summed E-state index contributed by atoms with van der Waals surface area (Å²) in [6.45, 7) is 5.44.